The fraction of sp³-hybridized carbons (Fsp3) is 0.588. The molecule has 0 radical (unpaired) electrons. The molecule has 3 nitrogen and oxygen atoms in total. The molecule has 1 aliphatic carbocycles. The lowest BCUT2D eigenvalue weighted by Crippen LogP contribution is -2.42. The van der Waals surface area contributed by atoms with Gasteiger partial charge in [0.15, 0.2) is 0 Å². The highest BCUT2D eigenvalue weighted by atomic mass is 16.3. The van der Waals surface area contributed by atoms with Crippen LogP contribution in [0, 0.1) is 0 Å². The van der Waals surface area contributed by atoms with E-state index in [1.165, 1.54) is 5.56 Å². The van der Waals surface area contributed by atoms with E-state index in [9.17, 15) is 9.90 Å². The number of hydrogen-bond donors (Lipinski definition) is 2. The molecule has 2 unspecified atom stereocenters. The molecule has 1 amide bonds. The lowest BCUT2D eigenvalue weighted by molar-refractivity contribution is 0.0819. The minimum Gasteiger partial charge on any atom is -0.391 e. The van der Waals surface area contributed by atoms with Gasteiger partial charge in [-0.05, 0) is 36.5 Å². The highest BCUT2D eigenvalue weighted by Gasteiger charge is 2.23. The van der Waals surface area contributed by atoms with E-state index in [1.54, 1.807) is 0 Å². The zero-order chi connectivity index (χ0) is 14.5. The number of benzene rings is 1. The summed E-state index contributed by atoms with van der Waals surface area (Å²) in [6, 6.07) is 7.64. The first-order chi connectivity index (χ1) is 9.58. The quantitative estimate of drug-likeness (QED) is 0.832. The zero-order valence-electron chi connectivity index (χ0n) is 12.4. The molecule has 2 atom stereocenters. The molecule has 2 rings (SSSR count). The largest absolute Gasteiger partial charge is 0.391 e. The second-order valence-corrected chi connectivity index (χ2v) is 6.06. The highest BCUT2D eigenvalue weighted by molar-refractivity contribution is 5.94. The average molecular weight is 275 g/mol. The lowest BCUT2D eigenvalue weighted by atomic mass is 10.0. The lowest BCUT2D eigenvalue weighted by Gasteiger charge is -2.21. The van der Waals surface area contributed by atoms with E-state index in [1.807, 2.05) is 24.3 Å². The summed E-state index contributed by atoms with van der Waals surface area (Å²) in [5, 5.41) is 13.0. The standard InChI is InChI=1S/C17H25NO2/c1-12(2)13-8-10-14(11-9-13)17(20)18-15-6-4-3-5-7-16(15)19/h8-12,15-16,19H,3-7H2,1-2H3,(H,18,20). The zero-order valence-corrected chi connectivity index (χ0v) is 12.4. The Morgan fingerprint density at radius 3 is 2.45 bits per heavy atom. The molecule has 2 N–H and O–H groups in total. The number of hydrogen-bond acceptors (Lipinski definition) is 2. The van der Waals surface area contributed by atoms with Crippen molar-refractivity contribution in [1.29, 1.82) is 0 Å². The molecule has 1 aromatic carbocycles. The van der Waals surface area contributed by atoms with Gasteiger partial charge in [0.1, 0.15) is 0 Å². The van der Waals surface area contributed by atoms with Gasteiger partial charge in [-0.15, -0.1) is 0 Å². The molecule has 0 aromatic heterocycles. The van der Waals surface area contributed by atoms with Gasteiger partial charge in [0.25, 0.3) is 5.91 Å². The summed E-state index contributed by atoms with van der Waals surface area (Å²) >= 11 is 0. The van der Waals surface area contributed by atoms with Crippen LogP contribution in [-0.4, -0.2) is 23.2 Å². The van der Waals surface area contributed by atoms with E-state index in [0.29, 0.717) is 11.5 Å². The van der Waals surface area contributed by atoms with Crippen LogP contribution >= 0.6 is 0 Å². The number of carbonyl (C=O) groups excluding carboxylic acids is 1. The van der Waals surface area contributed by atoms with Crippen molar-refractivity contribution in [1.82, 2.24) is 5.32 Å². The molecule has 0 spiro atoms. The third-order valence-corrected chi connectivity index (χ3v) is 4.14. The van der Waals surface area contributed by atoms with Gasteiger partial charge in [0.2, 0.25) is 0 Å². The van der Waals surface area contributed by atoms with E-state index in [4.69, 9.17) is 0 Å². The first-order valence-electron chi connectivity index (χ1n) is 7.67. The van der Waals surface area contributed by atoms with Crippen molar-refractivity contribution in [2.75, 3.05) is 0 Å². The maximum atomic E-state index is 12.2. The van der Waals surface area contributed by atoms with Crippen molar-refractivity contribution in [3.8, 4) is 0 Å². The van der Waals surface area contributed by atoms with Gasteiger partial charge >= 0.3 is 0 Å². The predicted octanol–water partition coefficient (Wildman–Crippen LogP) is 3.23. The van der Waals surface area contributed by atoms with Crippen LogP contribution in [0.15, 0.2) is 24.3 Å². The molecule has 20 heavy (non-hydrogen) atoms. The Kier molecular flexibility index (Phi) is 5.18. The molecule has 1 aromatic rings. The molecular weight excluding hydrogens is 250 g/mol. The van der Waals surface area contributed by atoms with E-state index in [-0.39, 0.29) is 11.9 Å². The van der Waals surface area contributed by atoms with E-state index in [0.717, 1.165) is 32.1 Å². The van der Waals surface area contributed by atoms with Crippen molar-refractivity contribution >= 4 is 5.91 Å². The SMILES string of the molecule is CC(C)c1ccc(C(=O)NC2CCCCCC2O)cc1. The van der Waals surface area contributed by atoms with E-state index >= 15 is 0 Å². The van der Waals surface area contributed by atoms with Crippen LogP contribution in [-0.2, 0) is 0 Å². The summed E-state index contributed by atoms with van der Waals surface area (Å²) < 4.78 is 0. The van der Waals surface area contributed by atoms with Crippen molar-refractivity contribution in [2.45, 2.75) is 64.0 Å². The fourth-order valence-corrected chi connectivity index (χ4v) is 2.73. The summed E-state index contributed by atoms with van der Waals surface area (Å²) in [6.07, 6.45) is 4.53. The number of carbonyl (C=O) groups is 1. The molecule has 1 fully saturated rings. The molecular formula is C17H25NO2. The summed E-state index contributed by atoms with van der Waals surface area (Å²) in [6.45, 7) is 4.27. The highest BCUT2D eigenvalue weighted by Crippen LogP contribution is 2.19. The molecule has 3 heteroatoms. The van der Waals surface area contributed by atoms with Crippen LogP contribution < -0.4 is 5.32 Å². The number of rotatable bonds is 3. The molecule has 0 saturated heterocycles. The Bertz CT molecular complexity index is 439. The maximum Gasteiger partial charge on any atom is 0.251 e. The first kappa shape index (κ1) is 15.0. The molecule has 1 aliphatic rings. The van der Waals surface area contributed by atoms with Gasteiger partial charge in [-0.1, -0.05) is 45.2 Å². The molecule has 0 heterocycles. The smallest absolute Gasteiger partial charge is 0.251 e. The number of aliphatic hydroxyl groups is 1. The Hall–Kier alpha value is -1.35. The van der Waals surface area contributed by atoms with Crippen LogP contribution in [0.2, 0.25) is 0 Å². The maximum absolute atomic E-state index is 12.2. The van der Waals surface area contributed by atoms with Gasteiger partial charge in [-0.3, -0.25) is 4.79 Å². The average Bonchev–Trinajstić information content (AvgIpc) is 2.64. The third kappa shape index (κ3) is 3.83. The minimum absolute atomic E-state index is 0.0775. The van der Waals surface area contributed by atoms with Crippen molar-refractivity contribution in [3.63, 3.8) is 0 Å². The summed E-state index contributed by atoms with van der Waals surface area (Å²) in [4.78, 5) is 12.2. The van der Waals surface area contributed by atoms with Crippen molar-refractivity contribution < 1.29 is 9.90 Å². The monoisotopic (exact) mass is 275 g/mol. The summed E-state index contributed by atoms with van der Waals surface area (Å²) in [5.74, 6) is 0.391. The Balaban J connectivity index is 1.99. The van der Waals surface area contributed by atoms with Gasteiger partial charge < -0.3 is 10.4 Å². The third-order valence-electron chi connectivity index (χ3n) is 4.14. The van der Waals surface area contributed by atoms with E-state index < -0.39 is 6.10 Å². The second-order valence-electron chi connectivity index (χ2n) is 6.06. The summed E-state index contributed by atoms with van der Waals surface area (Å²) in [5.41, 5.74) is 1.90. The predicted molar refractivity (Wildman–Crippen MR) is 80.9 cm³/mol. The van der Waals surface area contributed by atoms with Gasteiger partial charge in [0.05, 0.1) is 12.1 Å². The van der Waals surface area contributed by atoms with Crippen LogP contribution in [0.1, 0.15) is 67.8 Å². The molecule has 110 valence electrons. The minimum atomic E-state index is -0.406. The molecule has 0 bridgehead atoms. The topological polar surface area (TPSA) is 49.3 Å². The van der Waals surface area contributed by atoms with Crippen molar-refractivity contribution in [2.24, 2.45) is 0 Å². The molecule has 0 aliphatic heterocycles. The van der Waals surface area contributed by atoms with Gasteiger partial charge in [-0.2, -0.15) is 0 Å². The Morgan fingerprint density at radius 1 is 1.15 bits per heavy atom. The van der Waals surface area contributed by atoms with Crippen LogP contribution in [0.4, 0.5) is 0 Å². The first-order valence-corrected chi connectivity index (χ1v) is 7.67. The van der Waals surface area contributed by atoms with Crippen LogP contribution in [0.25, 0.3) is 0 Å². The van der Waals surface area contributed by atoms with E-state index in [2.05, 4.69) is 19.2 Å². The Labute approximate surface area is 121 Å². The Morgan fingerprint density at radius 2 is 1.80 bits per heavy atom. The van der Waals surface area contributed by atoms with Gasteiger partial charge in [0, 0.05) is 5.56 Å². The van der Waals surface area contributed by atoms with Crippen molar-refractivity contribution in [3.05, 3.63) is 35.4 Å². The van der Waals surface area contributed by atoms with Crippen LogP contribution in [0.3, 0.4) is 0 Å². The number of nitrogens with one attached hydrogen (secondary N) is 1. The fourth-order valence-electron chi connectivity index (χ4n) is 2.73. The number of amides is 1. The summed E-state index contributed by atoms with van der Waals surface area (Å²) in [7, 11) is 0. The normalized spacial score (nSPS) is 23.4. The number of aliphatic hydroxyl groups excluding tert-OH is 1. The van der Waals surface area contributed by atoms with Gasteiger partial charge in [-0.25, -0.2) is 0 Å². The second kappa shape index (κ2) is 6.89. The molecule has 1 saturated carbocycles. The van der Waals surface area contributed by atoms with Crippen LogP contribution in [0.5, 0.6) is 0 Å².